The molecular weight excluding hydrogens is 801 g/mol. The molecule has 6 nitrogen and oxygen atoms in total. The van der Waals surface area contributed by atoms with Crippen molar-refractivity contribution < 1.29 is 18.6 Å². The van der Waals surface area contributed by atoms with Crippen molar-refractivity contribution in [2.45, 2.75) is 260 Å². The van der Waals surface area contributed by atoms with E-state index in [2.05, 4.69) is 52.2 Å². The number of hydrogen-bond acceptors (Lipinski definition) is 4. The van der Waals surface area contributed by atoms with Crippen molar-refractivity contribution in [3.8, 4) is 0 Å². The highest BCUT2D eigenvalue weighted by Gasteiger charge is 2.20. The molecule has 0 fully saturated rings. The number of nitrogens with zero attached hydrogens (tertiary/aromatic N) is 2. The van der Waals surface area contributed by atoms with Crippen LogP contribution in [0.15, 0.2) is 0 Å². The molecule has 0 aromatic heterocycles. The highest BCUT2D eigenvalue weighted by atomic mass is 33.1. The summed E-state index contributed by atoms with van der Waals surface area (Å²) in [6, 6.07) is 0. The average molecular weight is 914 g/mol. The topological polar surface area (TPSA) is 58.2 Å². The molecule has 0 radical (unpaired) electrons. The minimum atomic E-state index is 0.249. The molecule has 0 atom stereocenters. The van der Waals surface area contributed by atoms with Crippen LogP contribution in [0.25, 0.3) is 0 Å². The first-order chi connectivity index (χ1) is 30.4. The molecule has 370 valence electrons. The van der Waals surface area contributed by atoms with E-state index in [1.54, 1.807) is 0 Å². The fraction of sp³-hybridized carbons (Fsp3) is 0.963. The van der Waals surface area contributed by atoms with E-state index in [0.717, 1.165) is 38.8 Å². The molecule has 0 aliphatic carbocycles. The quantitative estimate of drug-likeness (QED) is 0.0363. The van der Waals surface area contributed by atoms with E-state index >= 15 is 0 Å². The number of rotatable bonds is 51. The van der Waals surface area contributed by atoms with Crippen LogP contribution in [0.4, 0.5) is 0 Å². The first kappa shape index (κ1) is 61.6. The number of amides is 2. The maximum absolute atomic E-state index is 12.2. The van der Waals surface area contributed by atoms with Crippen LogP contribution in [0, 0.1) is 0 Å². The zero-order chi connectivity index (χ0) is 45.5. The van der Waals surface area contributed by atoms with Gasteiger partial charge in [-0.1, -0.05) is 163 Å². The van der Waals surface area contributed by atoms with Gasteiger partial charge in [0.2, 0.25) is 11.8 Å². The Labute approximate surface area is 397 Å². The number of carbonyl (C=O) groups is 2. The third-order valence-corrected chi connectivity index (χ3v) is 17.2. The predicted octanol–water partition coefficient (Wildman–Crippen LogP) is 15.6. The van der Waals surface area contributed by atoms with Crippen LogP contribution in [-0.2, 0) is 9.59 Å². The summed E-state index contributed by atoms with van der Waals surface area (Å²) in [6.45, 7) is 26.3. The summed E-state index contributed by atoms with van der Waals surface area (Å²) in [4.78, 5) is 24.4. The van der Waals surface area contributed by atoms with Crippen LogP contribution in [0.1, 0.15) is 260 Å². The van der Waals surface area contributed by atoms with Gasteiger partial charge in [-0.3, -0.25) is 9.59 Å². The van der Waals surface area contributed by atoms with Crippen molar-refractivity contribution in [3.63, 3.8) is 0 Å². The van der Waals surface area contributed by atoms with Gasteiger partial charge < -0.3 is 19.6 Å². The van der Waals surface area contributed by atoms with E-state index in [-0.39, 0.29) is 11.8 Å². The minimum absolute atomic E-state index is 0.249. The van der Waals surface area contributed by atoms with E-state index in [1.165, 1.54) is 253 Å². The Hall–Kier alpha value is -0.440. The van der Waals surface area contributed by atoms with Gasteiger partial charge in [-0.2, -0.15) is 0 Å². The predicted molar refractivity (Wildman–Crippen MR) is 281 cm³/mol. The van der Waals surface area contributed by atoms with Gasteiger partial charge in [-0.05, 0) is 106 Å². The summed E-state index contributed by atoms with van der Waals surface area (Å²) >= 11 is 0. The van der Waals surface area contributed by atoms with E-state index in [4.69, 9.17) is 0 Å². The zero-order valence-electron chi connectivity index (χ0n) is 43.1. The summed E-state index contributed by atoms with van der Waals surface area (Å²) in [5.74, 6) is 2.90. The van der Waals surface area contributed by atoms with E-state index in [1.807, 2.05) is 21.6 Å². The Bertz CT molecular complexity index is 855. The third-order valence-electron chi connectivity index (χ3n) is 14.6. The maximum atomic E-state index is 12.2. The van der Waals surface area contributed by atoms with E-state index in [0.29, 0.717) is 12.8 Å². The highest BCUT2D eigenvalue weighted by molar-refractivity contribution is 8.76. The third kappa shape index (κ3) is 38.8. The molecule has 8 heteroatoms. The fourth-order valence-corrected chi connectivity index (χ4v) is 11.6. The average Bonchev–Trinajstić information content (AvgIpc) is 3.29. The first-order valence-electron chi connectivity index (χ1n) is 27.8. The molecule has 0 aromatic carbocycles. The monoisotopic (exact) mass is 913 g/mol. The fourth-order valence-electron chi connectivity index (χ4n) is 9.32. The lowest BCUT2D eigenvalue weighted by Crippen LogP contribution is -2.48. The van der Waals surface area contributed by atoms with Gasteiger partial charge in [0.15, 0.2) is 0 Å². The second-order valence-corrected chi connectivity index (χ2v) is 21.9. The second kappa shape index (κ2) is 47.1. The van der Waals surface area contributed by atoms with Crippen LogP contribution >= 0.6 is 21.6 Å². The van der Waals surface area contributed by atoms with Crippen LogP contribution in [-0.4, -0.2) is 97.7 Å². The van der Waals surface area contributed by atoms with Crippen molar-refractivity contribution in [2.75, 3.05) is 77.0 Å². The summed E-state index contributed by atoms with van der Waals surface area (Å²) in [7, 11) is 4.00. The standard InChI is InChI=1S/C54H110N4O2S2/c1-7-57(8-2,9-3)49-41-33-29-25-21-17-13-15-19-23-27-31-37-45-53(59)55-47-39-35-43-51-61-62-52-44-36-40-48-56-54(60)46-38-32-28-24-20-16-14-18-22-26-30-34-42-50-58(10-4,11-5)12-6/h7-52H2,1-6H3/p+2. The van der Waals surface area contributed by atoms with E-state index in [9.17, 15) is 9.59 Å². The molecule has 0 saturated heterocycles. The summed E-state index contributed by atoms with van der Waals surface area (Å²) in [5, 5.41) is 6.29. The molecule has 0 saturated carbocycles. The first-order valence-corrected chi connectivity index (χ1v) is 30.3. The second-order valence-electron chi connectivity index (χ2n) is 19.2. The Kier molecular flexibility index (Phi) is 46.7. The van der Waals surface area contributed by atoms with Gasteiger partial charge in [0.25, 0.3) is 0 Å². The Morgan fingerprint density at radius 3 is 0.790 bits per heavy atom. The van der Waals surface area contributed by atoms with Crippen LogP contribution in [0.5, 0.6) is 0 Å². The van der Waals surface area contributed by atoms with Crippen LogP contribution < -0.4 is 10.6 Å². The molecule has 0 aliphatic rings. The van der Waals surface area contributed by atoms with E-state index < -0.39 is 0 Å². The van der Waals surface area contributed by atoms with Crippen LogP contribution in [0.2, 0.25) is 0 Å². The SMILES string of the molecule is CC[N+](CC)(CC)CCCCCCCCCCCCCCCC(=O)NCCCCCSSCCCCCNC(=O)CCCCCCCCCCCCCCC[N+](CC)(CC)CC. The molecule has 2 N–H and O–H groups in total. The lowest BCUT2D eigenvalue weighted by molar-refractivity contribution is -0.923. The molecule has 0 unspecified atom stereocenters. The largest absolute Gasteiger partial charge is 0.356 e. The number of nitrogens with one attached hydrogen (secondary N) is 2. The van der Waals surface area contributed by atoms with Gasteiger partial charge in [-0.15, -0.1) is 0 Å². The Balaban J connectivity index is 3.31. The van der Waals surface area contributed by atoms with Crippen molar-refractivity contribution in [3.05, 3.63) is 0 Å². The Morgan fingerprint density at radius 2 is 0.532 bits per heavy atom. The number of hydrogen-bond donors (Lipinski definition) is 2. The highest BCUT2D eigenvalue weighted by Crippen LogP contribution is 2.24. The summed E-state index contributed by atoms with van der Waals surface area (Å²) < 4.78 is 2.61. The lowest BCUT2D eigenvalue weighted by Gasteiger charge is -2.35. The van der Waals surface area contributed by atoms with Gasteiger partial charge in [-0.25, -0.2) is 0 Å². The molecule has 0 rings (SSSR count). The normalized spacial score (nSPS) is 12.0. The molecule has 2 amide bonds. The van der Waals surface area contributed by atoms with Crippen molar-refractivity contribution >= 4 is 33.4 Å². The van der Waals surface area contributed by atoms with Gasteiger partial charge >= 0.3 is 0 Å². The number of carbonyl (C=O) groups excluding carboxylic acids is 2. The molecular formula is C54H112N4O2S2+2. The molecule has 0 heterocycles. The lowest BCUT2D eigenvalue weighted by atomic mass is 10.0. The minimum Gasteiger partial charge on any atom is -0.356 e. The summed E-state index contributed by atoms with van der Waals surface area (Å²) in [6.07, 6.45) is 43.5. The number of quaternary nitrogens is 2. The smallest absolute Gasteiger partial charge is 0.219 e. The van der Waals surface area contributed by atoms with Crippen molar-refractivity contribution in [1.29, 1.82) is 0 Å². The molecule has 0 spiro atoms. The van der Waals surface area contributed by atoms with Crippen LogP contribution in [0.3, 0.4) is 0 Å². The zero-order valence-corrected chi connectivity index (χ0v) is 44.7. The molecule has 0 aliphatic heterocycles. The molecule has 62 heavy (non-hydrogen) atoms. The molecule has 0 aromatic rings. The van der Waals surface area contributed by atoms with Crippen molar-refractivity contribution in [2.24, 2.45) is 0 Å². The van der Waals surface area contributed by atoms with Gasteiger partial charge in [0.1, 0.15) is 0 Å². The number of unbranched alkanes of at least 4 members (excludes halogenated alkanes) is 28. The summed E-state index contributed by atoms with van der Waals surface area (Å²) in [5.41, 5.74) is 0. The van der Waals surface area contributed by atoms with Crippen molar-refractivity contribution in [1.82, 2.24) is 10.6 Å². The maximum Gasteiger partial charge on any atom is 0.219 e. The Morgan fingerprint density at radius 1 is 0.306 bits per heavy atom. The molecule has 0 bridgehead atoms. The van der Waals surface area contributed by atoms with Gasteiger partial charge in [0, 0.05) is 37.4 Å². The van der Waals surface area contributed by atoms with Gasteiger partial charge in [0.05, 0.1) is 52.4 Å².